The lowest BCUT2D eigenvalue weighted by molar-refractivity contribution is -0.132. The van der Waals surface area contributed by atoms with Crippen LogP contribution in [0.2, 0.25) is 0 Å². The Labute approximate surface area is 145 Å². The van der Waals surface area contributed by atoms with Crippen LogP contribution in [-0.2, 0) is 11.2 Å². The molecule has 0 fully saturated rings. The van der Waals surface area contributed by atoms with Crippen molar-refractivity contribution in [1.29, 1.82) is 0 Å². The molecule has 1 aromatic carbocycles. The molecule has 7 nitrogen and oxygen atoms in total. The van der Waals surface area contributed by atoms with Gasteiger partial charge in [-0.15, -0.1) is 0 Å². The third-order valence-electron chi connectivity index (χ3n) is 3.24. The normalized spacial score (nSPS) is 10.5. The van der Waals surface area contributed by atoms with Gasteiger partial charge in [0.1, 0.15) is 17.4 Å². The van der Waals surface area contributed by atoms with Crippen molar-refractivity contribution in [2.75, 3.05) is 0 Å². The maximum Gasteiger partial charge on any atom is 0.331 e. The SMILES string of the molecule is C=C(Cc1nc(-c2ccc(Oc3ccc(F)cn3)cc2F)no1)C(=O)O. The topological polar surface area (TPSA) is 98.3 Å². The van der Waals surface area contributed by atoms with Crippen LogP contribution in [0, 0.1) is 11.6 Å². The van der Waals surface area contributed by atoms with Gasteiger partial charge in [-0.1, -0.05) is 11.7 Å². The summed E-state index contributed by atoms with van der Waals surface area (Å²) in [5, 5.41) is 12.4. The Morgan fingerprint density at radius 1 is 1.27 bits per heavy atom. The predicted molar refractivity (Wildman–Crippen MR) is 84.4 cm³/mol. The molecular formula is C17H11F2N3O4. The van der Waals surface area contributed by atoms with E-state index in [4.69, 9.17) is 14.4 Å². The molecule has 1 N–H and O–H groups in total. The highest BCUT2D eigenvalue weighted by Gasteiger charge is 2.16. The van der Waals surface area contributed by atoms with E-state index in [-0.39, 0.29) is 40.9 Å². The van der Waals surface area contributed by atoms with Gasteiger partial charge in [0.2, 0.25) is 17.6 Å². The molecule has 3 rings (SSSR count). The fourth-order valence-electron chi connectivity index (χ4n) is 1.98. The molecule has 3 aromatic rings. The Hall–Kier alpha value is -3.62. The number of rotatable bonds is 6. The van der Waals surface area contributed by atoms with Gasteiger partial charge in [0, 0.05) is 17.7 Å². The molecule has 0 saturated carbocycles. The number of aromatic nitrogens is 3. The van der Waals surface area contributed by atoms with Gasteiger partial charge in [-0.05, 0) is 18.2 Å². The maximum absolute atomic E-state index is 14.3. The summed E-state index contributed by atoms with van der Waals surface area (Å²) in [6.45, 7) is 3.36. The minimum Gasteiger partial charge on any atom is -0.478 e. The molecule has 0 aliphatic heterocycles. The quantitative estimate of drug-likeness (QED) is 0.674. The molecule has 0 spiro atoms. The highest BCUT2D eigenvalue weighted by molar-refractivity contribution is 5.86. The number of carboxylic acid groups (broad SMARTS) is 1. The lowest BCUT2D eigenvalue weighted by Crippen LogP contribution is -2.02. The van der Waals surface area contributed by atoms with E-state index in [1.807, 2.05) is 0 Å². The average Bonchev–Trinajstić information content (AvgIpc) is 3.05. The van der Waals surface area contributed by atoms with Crippen LogP contribution in [0.15, 0.2) is 53.2 Å². The summed E-state index contributed by atoms with van der Waals surface area (Å²) in [5.74, 6) is -2.18. The van der Waals surface area contributed by atoms with Crippen molar-refractivity contribution in [3.05, 3.63) is 66.2 Å². The van der Waals surface area contributed by atoms with Crippen LogP contribution < -0.4 is 4.74 Å². The molecular weight excluding hydrogens is 348 g/mol. The van der Waals surface area contributed by atoms with Crippen LogP contribution in [0.3, 0.4) is 0 Å². The first-order valence-corrected chi connectivity index (χ1v) is 7.25. The molecule has 26 heavy (non-hydrogen) atoms. The van der Waals surface area contributed by atoms with E-state index in [9.17, 15) is 13.6 Å². The summed E-state index contributed by atoms with van der Waals surface area (Å²) in [6.07, 6.45) is 0.827. The number of benzene rings is 1. The fourth-order valence-corrected chi connectivity index (χ4v) is 1.98. The lowest BCUT2D eigenvalue weighted by Gasteiger charge is -2.05. The zero-order valence-corrected chi connectivity index (χ0v) is 13.1. The van der Waals surface area contributed by atoms with Crippen molar-refractivity contribution < 1.29 is 27.9 Å². The summed E-state index contributed by atoms with van der Waals surface area (Å²) in [7, 11) is 0. The Balaban J connectivity index is 1.77. The number of pyridine rings is 1. The molecule has 0 unspecified atom stereocenters. The van der Waals surface area contributed by atoms with Crippen LogP contribution in [0.25, 0.3) is 11.4 Å². The maximum atomic E-state index is 14.3. The first-order valence-electron chi connectivity index (χ1n) is 7.25. The van der Waals surface area contributed by atoms with Gasteiger partial charge in [-0.25, -0.2) is 18.6 Å². The number of carboxylic acids is 1. The van der Waals surface area contributed by atoms with Gasteiger partial charge in [-0.3, -0.25) is 0 Å². The van der Waals surface area contributed by atoms with E-state index in [1.54, 1.807) is 0 Å². The van der Waals surface area contributed by atoms with Crippen molar-refractivity contribution in [3.63, 3.8) is 0 Å². The largest absolute Gasteiger partial charge is 0.478 e. The molecule has 0 aliphatic carbocycles. The number of ether oxygens (including phenoxy) is 1. The van der Waals surface area contributed by atoms with E-state index in [0.717, 1.165) is 12.3 Å². The smallest absolute Gasteiger partial charge is 0.331 e. The van der Waals surface area contributed by atoms with Gasteiger partial charge >= 0.3 is 5.97 Å². The minimum atomic E-state index is -1.19. The van der Waals surface area contributed by atoms with E-state index in [1.165, 1.54) is 24.3 Å². The van der Waals surface area contributed by atoms with Gasteiger partial charge < -0.3 is 14.4 Å². The minimum absolute atomic E-state index is 0.00244. The van der Waals surface area contributed by atoms with Gasteiger partial charge in [0.05, 0.1) is 18.2 Å². The van der Waals surface area contributed by atoms with Gasteiger partial charge in [0.25, 0.3) is 0 Å². The van der Waals surface area contributed by atoms with Crippen molar-refractivity contribution in [3.8, 4) is 23.0 Å². The molecule has 0 saturated heterocycles. The fraction of sp³-hybridized carbons (Fsp3) is 0.0588. The molecule has 0 amide bonds. The molecule has 2 aromatic heterocycles. The highest BCUT2D eigenvalue weighted by Crippen LogP contribution is 2.27. The van der Waals surface area contributed by atoms with E-state index < -0.39 is 17.6 Å². The van der Waals surface area contributed by atoms with Gasteiger partial charge in [-0.2, -0.15) is 4.98 Å². The zero-order chi connectivity index (χ0) is 18.7. The Morgan fingerprint density at radius 3 is 2.73 bits per heavy atom. The number of hydrogen-bond acceptors (Lipinski definition) is 6. The second-order valence-corrected chi connectivity index (χ2v) is 5.16. The third kappa shape index (κ3) is 3.89. The predicted octanol–water partition coefficient (Wildman–Crippen LogP) is 3.39. The molecule has 132 valence electrons. The van der Waals surface area contributed by atoms with Crippen LogP contribution in [0.5, 0.6) is 11.6 Å². The van der Waals surface area contributed by atoms with Crippen molar-refractivity contribution in [1.82, 2.24) is 15.1 Å². The standard InChI is InChI=1S/C17H11F2N3O4/c1-9(17(23)24)6-15-21-16(22-26-15)12-4-3-11(7-13(12)19)25-14-5-2-10(18)8-20-14/h2-5,7-8H,1,6H2,(H,23,24). The van der Waals surface area contributed by atoms with Gasteiger partial charge in [0.15, 0.2) is 0 Å². The average molecular weight is 359 g/mol. The summed E-state index contributed by atoms with van der Waals surface area (Å²) >= 11 is 0. The molecule has 0 atom stereocenters. The molecule has 9 heteroatoms. The second kappa shape index (κ2) is 7.09. The van der Waals surface area contributed by atoms with E-state index in [2.05, 4.69) is 21.7 Å². The molecule has 0 aliphatic rings. The van der Waals surface area contributed by atoms with Crippen LogP contribution in [0.4, 0.5) is 8.78 Å². The van der Waals surface area contributed by atoms with Crippen molar-refractivity contribution in [2.24, 2.45) is 0 Å². The Bertz CT molecular complexity index is 970. The number of halogens is 2. The second-order valence-electron chi connectivity index (χ2n) is 5.16. The first kappa shape index (κ1) is 17.2. The van der Waals surface area contributed by atoms with Crippen LogP contribution >= 0.6 is 0 Å². The van der Waals surface area contributed by atoms with E-state index in [0.29, 0.717) is 0 Å². The number of hydrogen-bond donors (Lipinski definition) is 1. The number of nitrogens with zero attached hydrogens (tertiary/aromatic N) is 3. The third-order valence-corrected chi connectivity index (χ3v) is 3.24. The monoisotopic (exact) mass is 359 g/mol. The first-order chi connectivity index (χ1) is 12.4. The summed E-state index contributed by atoms with van der Waals surface area (Å²) in [6, 6.07) is 6.39. The molecule has 0 bridgehead atoms. The highest BCUT2D eigenvalue weighted by atomic mass is 19.1. The summed E-state index contributed by atoms with van der Waals surface area (Å²) < 4.78 is 37.4. The molecule has 2 heterocycles. The lowest BCUT2D eigenvalue weighted by atomic mass is 10.2. The van der Waals surface area contributed by atoms with Crippen LogP contribution in [0.1, 0.15) is 5.89 Å². The number of aliphatic carboxylic acids is 1. The van der Waals surface area contributed by atoms with Crippen molar-refractivity contribution in [2.45, 2.75) is 6.42 Å². The zero-order valence-electron chi connectivity index (χ0n) is 13.1. The summed E-state index contributed by atoms with van der Waals surface area (Å²) in [5.41, 5.74) is -0.0865. The number of carbonyl (C=O) groups is 1. The Kier molecular flexibility index (Phi) is 4.70. The Morgan fingerprint density at radius 2 is 2.08 bits per heavy atom. The summed E-state index contributed by atoms with van der Waals surface area (Å²) in [4.78, 5) is 18.4. The molecule has 0 radical (unpaired) electrons. The van der Waals surface area contributed by atoms with E-state index >= 15 is 0 Å². The van der Waals surface area contributed by atoms with Crippen molar-refractivity contribution >= 4 is 5.97 Å². The van der Waals surface area contributed by atoms with Crippen LogP contribution in [-0.4, -0.2) is 26.2 Å².